The molecule has 1 heterocycles. The lowest BCUT2D eigenvalue weighted by Crippen LogP contribution is -2.49. The third kappa shape index (κ3) is 6.39. The summed E-state index contributed by atoms with van der Waals surface area (Å²) < 4.78 is 0. The molecule has 2 atom stereocenters. The van der Waals surface area contributed by atoms with Crippen LogP contribution in [0.3, 0.4) is 0 Å². The molecule has 0 aliphatic carbocycles. The molecule has 1 rings (SSSR count). The van der Waals surface area contributed by atoms with E-state index >= 15 is 0 Å². The van der Waals surface area contributed by atoms with E-state index in [1.165, 1.54) is 19.3 Å². The van der Waals surface area contributed by atoms with Gasteiger partial charge in [0.05, 0.1) is 6.54 Å². The van der Waals surface area contributed by atoms with E-state index in [1.807, 2.05) is 0 Å². The van der Waals surface area contributed by atoms with Crippen molar-refractivity contribution in [3.8, 4) is 0 Å². The highest BCUT2D eigenvalue weighted by atomic mass is 16.2. The molecule has 1 aliphatic rings. The van der Waals surface area contributed by atoms with E-state index in [2.05, 4.69) is 43.2 Å². The Bertz CT molecular complexity index is 262. The molecule has 1 amide bonds. The third-order valence-corrected chi connectivity index (χ3v) is 3.96. The number of hydrogen-bond donors (Lipinski definition) is 2. The molecular formula is C15H31N3O. The molecule has 2 N–H and O–H groups in total. The van der Waals surface area contributed by atoms with Gasteiger partial charge in [-0.15, -0.1) is 0 Å². The number of rotatable bonds is 7. The Balaban J connectivity index is 2.40. The van der Waals surface area contributed by atoms with E-state index in [0.717, 1.165) is 19.5 Å². The van der Waals surface area contributed by atoms with Crippen LogP contribution in [0.2, 0.25) is 0 Å². The van der Waals surface area contributed by atoms with Crippen LogP contribution in [0.25, 0.3) is 0 Å². The summed E-state index contributed by atoms with van der Waals surface area (Å²) in [5.74, 6) is 0.152. The topological polar surface area (TPSA) is 44.4 Å². The van der Waals surface area contributed by atoms with Crippen molar-refractivity contribution in [3.63, 3.8) is 0 Å². The molecule has 0 saturated carbocycles. The maximum atomic E-state index is 12.0. The normalized spacial score (nSPS) is 21.7. The fourth-order valence-corrected chi connectivity index (χ4v) is 2.43. The smallest absolute Gasteiger partial charge is 0.234 e. The zero-order chi connectivity index (χ0) is 14.3. The molecule has 1 saturated heterocycles. The summed E-state index contributed by atoms with van der Waals surface area (Å²) in [5, 5.41) is 6.61. The summed E-state index contributed by atoms with van der Waals surface area (Å²) in [5.41, 5.74) is 0. The summed E-state index contributed by atoms with van der Waals surface area (Å²) >= 11 is 0. The van der Waals surface area contributed by atoms with Gasteiger partial charge in [0.15, 0.2) is 0 Å². The molecule has 112 valence electrons. The van der Waals surface area contributed by atoms with Crippen molar-refractivity contribution < 1.29 is 4.79 Å². The average Bonchev–Trinajstić information content (AvgIpc) is 2.38. The van der Waals surface area contributed by atoms with Gasteiger partial charge in [0, 0.05) is 24.7 Å². The lowest BCUT2D eigenvalue weighted by atomic mass is 10.0. The predicted octanol–water partition coefficient (Wildman–Crippen LogP) is 1.75. The van der Waals surface area contributed by atoms with Gasteiger partial charge in [0.25, 0.3) is 0 Å². The van der Waals surface area contributed by atoms with Crippen LogP contribution in [0.5, 0.6) is 0 Å². The Morgan fingerprint density at radius 3 is 2.63 bits per heavy atom. The van der Waals surface area contributed by atoms with Gasteiger partial charge in [-0.3, -0.25) is 9.69 Å². The molecular weight excluding hydrogens is 238 g/mol. The Labute approximate surface area is 118 Å². The summed E-state index contributed by atoms with van der Waals surface area (Å²) in [6.45, 7) is 11.1. The summed E-state index contributed by atoms with van der Waals surface area (Å²) in [4.78, 5) is 14.3. The molecule has 0 spiro atoms. The van der Waals surface area contributed by atoms with Crippen LogP contribution in [0.4, 0.5) is 0 Å². The Morgan fingerprint density at radius 2 is 2.11 bits per heavy atom. The fraction of sp³-hybridized carbons (Fsp3) is 0.933. The van der Waals surface area contributed by atoms with E-state index in [4.69, 9.17) is 0 Å². The molecule has 4 heteroatoms. The molecule has 0 bridgehead atoms. The van der Waals surface area contributed by atoms with E-state index in [-0.39, 0.29) is 11.9 Å². The third-order valence-electron chi connectivity index (χ3n) is 3.96. The largest absolute Gasteiger partial charge is 0.353 e. The first-order chi connectivity index (χ1) is 9.02. The highest BCUT2D eigenvalue weighted by molar-refractivity contribution is 5.78. The van der Waals surface area contributed by atoms with Crippen molar-refractivity contribution in [2.24, 2.45) is 0 Å². The first-order valence-corrected chi connectivity index (χ1v) is 7.79. The van der Waals surface area contributed by atoms with Crippen molar-refractivity contribution in [1.82, 2.24) is 15.5 Å². The summed E-state index contributed by atoms with van der Waals surface area (Å²) in [7, 11) is 0. The zero-order valence-corrected chi connectivity index (χ0v) is 13.0. The van der Waals surface area contributed by atoms with Crippen molar-refractivity contribution in [1.29, 1.82) is 0 Å². The Morgan fingerprint density at radius 1 is 1.37 bits per heavy atom. The predicted molar refractivity (Wildman–Crippen MR) is 80.2 cm³/mol. The van der Waals surface area contributed by atoms with Crippen LogP contribution in [-0.4, -0.2) is 48.6 Å². The van der Waals surface area contributed by atoms with Crippen LogP contribution in [-0.2, 0) is 4.79 Å². The molecule has 19 heavy (non-hydrogen) atoms. The number of nitrogens with one attached hydrogen (secondary N) is 2. The minimum absolute atomic E-state index is 0.152. The number of piperidine rings is 1. The molecule has 0 radical (unpaired) electrons. The summed E-state index contributed by atoms with van der Waals surface area (Å²) in [6.07, 6.45) is 4.81. The molecule has 1 aliphatic heterocycles. The average molecular weight is 269 g/mol. The van der Waals surface area contributed by atoms with Crippen LogP contribution in [0.1, 0.15) is 53.4 Å². The molecule has 2 unspecified atom stereocenters. The maximum Gasteiger partial charge on any atom is 0.234 e. The number of carbonyl (C=O) groups excluding carboxylic acids is 1. The SMILES string of the molecule is CCC(C)NC(=O)CN(CC1CCCCN1)C(C)C. The van der Waals surface area contributed by atoms with Crippen LogP contribution < -0.4 is 10.6 Å². The van der Waals surface area contributed by atoms with Crippen molar-refractivity contribution in [2.45, 2.75) is 71.5 Å². The van der Waals surface area contributed by atoms with E-state index in [9.17, 15) is 4.79 Å². The lowest BCUT2D eigenvalue weighted by Gasteiger charge is -2.32. The first-order valence-electron chi connectivity index (χ1n) is 7.79. The van der Waals surface area contributed by atoms with Crippen molar-refractivity contribution in [3.05, 3.63) is 0 Å². The van der Waals surface area contributed by atoms with E-state index in [0.29, 0.717) is 18.6 Å². The Hall–Kier alpha value is -0.610. The van der Waals surface area contributed by atoms with Crippen molar-refractivity contribution in [2.75, 3.05) is 19.6 Å². The monoisotopic (exact) mass is 269 g/mol. The molecule has 0 aromatic carbocycles. The maximum absolute atomic E-state index is 12.0. The van der Waals surface area contributed by atoms with Gasteiger partial charge in [-0.1, -0.05) is 13.3 Å². The molecule has 0 aromatic rings. The summed E-state index contributed by atoms with van der Waals surface area (Å²) in [6, 6.07) is 1.23. The van der Waals surface area contributed by atoms with Crippen molar-refractivity contribution >= 4 is 5.91 Å². The second-order valence-electron chi connectivity index (χ2n) is 6.05. The van der Waals surface area contributed by atoms with Gasteiger partial charge >= 0.3 is 0 Å². The second-order valence-corrected chi connectivity index (χ2v) is 6.05. The van der Waals surface area contributed by atoms with Gasteiger partial charge in [0.1, 0.15) is 0 Å². The van der Waals surface area contributed by atoms with Crippen LogP contribution >= 0.6 is 0 Å². The Kier molecular flexibility index (Phi) is 7.39. The number of nitrogens with zero attached hydrogens (tertiary/aromatic N) is 1. The lowest BCUT2D eigenvalue weighted by molar-refractivity contribution is -0.123. The van der Waals surface area contributed by atoms with Gasteiger partial charge in [-0.2, -0.15) is 0 Å². The first kappa shape index (κ1) is 16.4. The molecule has 1 fully saturated rings. The van der Waals surface area contributed by atoms with Gasteiger partial charge < -0.3 is 10.6 Å². The van der Waals surface area contributed by atoms with Gasteiger partial charge in [-0.25, -0.2) is 0 Å². The van der Waals surface area contributed by atoms with Gasteiger partial charge in [-0.05, 0) is 46.6 Å². The molecule has 4 nitrogen and oxygen atoms in total. The zero-order valence-electron chi connectivity index (χ0n) is 13.0. The van der Waals surface area contributed by atoms with Crippen LogP contribution in [0, 0.1) is 0 Å². The van der Waals surface area contributed by atoms with Crippen LogP contribution in [0.15, 0.2) is 0 Å². The minimum atomic E-state index is 0.152. The fourth-order valence-electron chi connectivity index (χ4n) is 2.43. The van der Waals surface area contributed by atoms with E-state index < -0.39 is 0 Å². The highest BCUT2D eigenvalue weighted by Gasteiger charge is 2.20. The van der Waals surface area contributed by atoms with E-state index in [1.54, 1.807) is 0 Å². The number of carbonyl (C=O) groups is 1. The minimum Gasteiger partial charge on any atom is -0.353 e. The molecule has 0 aromatic heterocycles. The standard InChI is InChI=1S/C15H31N3O/c1-5-13(4)17-15(19)11-18(12(2)3)10-14-8-6-7-9-16-14/h12-14,16H,5-11H2,1-4H3,(H,17,19). The number of hydrogen-bond acceptors (Lipinski definition) is 3. The van der Waals surface area contributed by atoms with Gasteiger partial charge in [0.2, 0.25) is 5.91 Å². The second kappa shape index (κ2) is 8.54. The highest BCUT2D eigenvalue weighted by Crippen LogP contribution is 2.10. The number of amides is 1. The quantitative estimate of drug-likeness (QED) is 0.740.